The topological polar surface area (TPSA) is 30.5 Å². The molecule has 0 amide bonds. The molecule has 0 radical (unpaired) electrons. The summed E-state index contributed by atoms with van der Waals surface area (Å²) in [5.41, 5.74) is 2.56. The van der Waals surface area contributed by atoms with E-state index in [1.807, 2.05) is 6.07 Å². The number of hydrogen-bond donors (Lipinski definition) is 1. The fourth-order valence-corrected chi connectivity index (χ4v) is 2.00. The quantitative estimate of drug-likeness (QED) is 0.702. The maximum absolute atomic E-state index is 5.83. The second kappa shape index (κ2) is 8.08. The molecular formula is C17H25NO2. The average molecular weight is 275 g/mol. The number of rotatable bonds is 9. The first kappa shape index (κ1) is 15.1. The number of allylic oxidation sites excluding steroid dienone is 1. The minimum absolute atomic E-state index is 0.458. The van der Waals surface area contributed by atoms with Gasteiger partial charge in [-0.2, -0.15) is 0 Å². The van der Waals surface area contributed by atoms with Gasteiger partial charge >= 0.3 is 0 Å². The van der Waals surface area contributed by atoms with E-state index in [0.717, 1.165) is 31.9 Å². The average Bonchev–Trinajstić information content (AvgIpc) is 3.26. The zero-order valence-corrected chi connectivity index (χ0v) is 12.5. The van der Waals surface area contributed by atoms with Crippen molar-refractivity contribution in [1.82, 2.24) is 5.32 Å². The smallest absolute Gasteiger partial charge is 0.120 e. The summed E-state index contributed by atoms with van der Waals surface area (Å²) >= 11 is 0. The van der Waals surface area contributed by atoms with E-state index >= 15 is 0 Å². The third kappa shape index (κ3) is 5.35. The molecular weight excluding hydrogens is 250 g/mol. The maximum atomic E-state index is 5.83. The lowest BCUT2D eigenvalue weighted by molar-refractivity contribution is 0.199. The Morgan fingerprint density at radius 3 is 2.95 bits per heavy atom. The number of nitrogens with one attached hydrogen (secondary N) is 1. The fraction of sp³-hybridized carbons (Fsp3) is 0.529. The van der Waals surface area contributed by atoms with Crippen LogP contribution in [0, 0.1) is 0 Å². The van der Waals surface area contributed by atoms with Crippen molar-refractivity contribution < 1.29 is 9.47 Å². The molecule has 0 heterocycles. The van der Waals surface area contributed by atoms with Crippen LogP contribution in [0.1, 0.15) is 31.7 Å². The molecule has 3 heteroatoms. The summed E-state index contributed by atoms with van der Waals surface area (Å²) in [4.78, 5) is 0. The minimum atomic E-state index is 0.458. The molecule has 0 aliphatic heterocycles. The van der Waals surface area contributed by atoms with Crippen molar-refractivity contribution >= 4 is 5.57 Å². The van der Waals surface area contributed by atoms with Crippen molar-refractivity contribution in [2.24, 2.45) is 0 Å². The molecule has 0 atom stereocenters. The molecule has 3 nitrogen and oxygen atoms in total. The molecule has 1 aromatic carbocycles. The summed E-state index contributed by atoms with van der Waals surface area (Å²) in [6, 6.07) is 8.40. The standard InChI is InChI=1S/C17H25NO2/c1-14(5-4-10-18-11-12-19-2)15-6-3-7-17(13-15)20-16-8-9-16/h3,5-7,13,16,18H,4,8-12H2,1-2H3/b14-5-. The second-order valence-electron chi connectivity index (χ2n) is 5.26. The molecule has 1 N–H and O–H groups in total. The Balaban J connectivity index is 1.79. The third-order valence-corrected chi connectivity index (χ3v) is 3.37. The van der Waals surface area contributed by atoms with E-state index in [1.54, 1.807) is 7.11 Å². The molecule has 1 saturated carbocycles. The predicted octanol–water partition coefficient (Wildman–Crippen LogP) is 3.26. The highest BCUT2D eigenvalue weighted by atomic mass is 16.5. The van der Waals surface area contributed by atoms with Crippen LogP contribution in [-0.2, 0) is 4.74 Å². The van der Waals surface area contributed by atoms with Gasteiger partial charge in [-0.15, -0.1) is 0 Å². The van der Waals surface area contributed by atoms with Gasteiger partial charge in [-0.25, -0.2) is 0 Å². The third-order valence-electron chi connectivity index (χ3n) is 3.37. The van der Waals surface area contributed by atoms with Gasteiger partial charge in [-0.3, -0.25) is 0 Å². The van der Waals surface area contributed by atoms with Crippen LogP contribution in [0.3, 0.4) is 0 Å². The van der Waals surface area contributed by atoms with Crippen molar-refractivity contribution in [2.45, 2.75) is 32.3 Å². The summed E-state index contributed by atoms with van der Waals surface area (Å²) in [7, 11) is 1.72. The van der Waals surface area contributed by atoms with E-state index < -0.39 is 0 Å². The van der Waals surface area contributed by atoms with Gasteiger partial charge in [0.05, 0.1) is 12.7 Å². The predicted molar refractivity (Wildman–Crippen MR) is 83.1 cm³/mol. The Bertz CT molecular complexity index is 438. The zero-order valence-electron chi connectivity index (χ0n) is 12.5. The number of methoxy groups -OCH3 is 1. The highest BCUT2D eigenvalue weighted by molar-refractivity contribution is 5.64. The van der Waals surface area contributed by atoms with Gasteiger partial charge < -0.3 is 14.8 Å². The summed E-state index contributed by atoms with van der Waals surface area (Å²) in [5, 5.41) is 3.34. The zero-order chi connectivity index (χ0) is 14.2. The van der Waals surface area contributed by atoms with Gasteiger partial charge in [0, 0.05) is 13.7 Å². The lowest BCUT2D eigenvalue weighted by atomic mass is 10.1. The molecule has 20 heavy (non-hydrogen) atoms. The van der Waals surface area contributed by atoms with Gasteiger partial charge in [0.2, 0.25) is 0 Å². The first-order chi connectivity index (χ1) is 9.79. The summed E-state index contributed by atoms with van der Waals surface area (Å²) in [6.07, 6.45) is 6.16. The first-order valence-corrected chi connectivity index (χ1v) is 7.43. The van der Waals surface area contributed by atoms with Gasteiger partial charge in [0.15, 0.2) is 0 Å². The van der Waals surface area contributed by atoms with Crippen LogP contribution in [0.25, 0.3) is 5.57 Å². The molecule has 0 aromatic heterocycles. The van der Waals surface area contributed by atoms with Crippen molar-refractivity contribution in [2.75, 3.05) is 26.8 Å². The Hall–Kier alpha value is -1.32. The molecule has 2 rings (SSSR count). The minimum Gasteiger partial charge on any atom is -0.490 e. The van der Waals surface area contributed by atoms with Crippen LogP contribution in [0.2, 0.25) is 0 Å². The van der Waals surface area contributed by atoms with Crippen molar-refractivity contribution in [3.63, 3.8) is 0 Å². The van der Waals surface area contributed by atoms with Crippen LogP contribution in [0.4, 0.5) is 0 Å². The van der Waals surface area contributed by atoms with Crippen LogP contribution in [0.15, 0.2) is 30.3 Å². The number of hydrogen-bond acceptors (Lipinski definition) is 3. The van der Waals surface area contributed by atoms with E-state index in [2.05, 4.69) is 36.5 Å². The lowest BCUT2D eigenvalue weighted by Gasteiger charge is -2.08. The monoisotopic (exact) mass is 275 g/mol. The molecule has 110 valence electrons. The summed E-state index contributed by atoms with van der Waals surface area (Å²) in [6.45, 7) is 4.82. The molecule has 0 bridgehead atoms. The summed E-state index contributed by atoms with van der Waals surface area (Å²) < 4.78 is 10.8. The molecule has 1 fully saturated rings. The number of ether oxygens (including phenoxy) is 2. The fourth-order valence-electron chi connectivity index (χ4n) is 2.00. The Labute approximate surface area is 122 Å². The molecule has 0 unspecified atom stereocenters. The molecule has 1 aliphatic rings. The van der Waals surface area contributed by atoms with Crippen molar-refractivity contribution in [3.8, 4) is 5.75 Å². The maximum Gasteiger partial charge on any atom is 0.120 e. The normalized spacial score (nSPS) is 15.4. The molecule has 0 spiro atoms. The van der Waals surface area contributed by atoms with Gasteiger partial charge in [0.1, 0.15) is 5.75 Å². The largest absolute Gasteiger partial charge is 0.490 e. The van der Waals surface area contributed by atoms with E-state index in [9.17, 15) is 0 Å². The molecule has 0 saturated heterocycles. The van der Waals surface area contributed by atoms with Crippen LogP contribution in [0.5, 0.6) is 5.75 Å². The van der Waals surface area contributed by atoms with E-state index in [-0.39, 0.29) is 0 Å². The van der Waals surface area contributed by atoms with E-state index in [4.69, 9.17) is 9.47 Å². The highest BCUT2D eigenvalue weighted by Crippen LogP contribution is 2.28. The van der Waals surface area contributed by atoms with Crippen molar-refractivity contribution in [1.29, 1.82) is 0 Å². The van der Waals surface area contributed by atoms with Crippen LogP contribution in [-0.4, -0.2) is 32.9 Å². The molecule has 1 aromatic rings. The lowest BCUT2D eigenvalue weighted by Crippen LogP contribution is -2.19. The van der Waals surface area contributed by atoms with Crippen LogP contribution >= 0.6 is 0 Å². The van der Waals surface area contributed by atoms with E-state index in [0.29, 0.717) is 6.10 Å². The van der Waals surface area contributed by atoms with Gasteiger partial charge in [-0.05, 0) is 56.0 Å². The first-order valence-electron chi connectivity index (χ1n) is 7.43. The van der Waals surface area contributed by atoms with E-state index in [1.165, 1.54) is 24.0 Å². The summed E-state index contributed by atoms with van der Waals surface area (Å²) in [5.74, 6) is 0.996. The second-order valence-corrected chi connectivity index (χ2v) is 5.26. The molecule has 1 aliphatic carbocycles. The SMILES string of the molecule is COCCNCC/C=C(/C)c1cccc(OC2CC2)c1. The van der Waals surface area contributed by atoms with Gasteiger partial charge in [0.25, 0.3) is 0 Å². The van der Waals surface area contributed by atoms with Gasteiger partial charge in [-0.1, -0.05) is 18.2 Å². The Kier molecular flexibility index (Phi) is 6.09. The van der Waals surface area contributed by atoms with Crippen molar-refractivity contribution in [3.05, 3.63) is 35.9 Å². The number of benzene rings is 1. The highest BCUT2D eigenvalue weighted by Gasteiger charge is 2.23. The Morgan fingerprint density at radius 1 is 1.35 bits per heavy atom. The Morgan fingerprint density at radius 2 is 2.20 bits per heavy atom. The van der Waals surface area contributed by atoms with Crippen LogP contribution < -0.4 is 10.1 Å².